The molecule has 368 valence electrons. The Hall–Kier alpha value is 12.1. The average molecular weight is 1450 g/mol. The van der Waals surface area contributed by atoms with Crippen LogP contribution in [0.25, 0.3) is 0 Å². The Morgan fingerprint density at radius 1 is 0.762 bits per heavy atom. The third-order valence-corrected chi connectivity index (χ3v) is 153. The third-order valence-electron chi connectivity index (χ3n) is 12.1. The van der Waals surface area contributed by atoms with Gasteiger partial charge in [0.15, 0.2) is 11.7 Å². The smallest absolute Gasteiger partial charge is 0.426 e. The molecule has 0 amide bonds. The normalized spacial score (nSPS) is 34.6. The van der Waals surface area contributed by atoms with Gasteiger partial charge in [-0.1, -0.05) is 53.2 Å². The van der Waals surface area contributed by atoms with Gasteiger partial charge >= 0.3 is 6.16 Å². The highest BCUT2D eigenvalue weighted by atomic mass is 33.2. The first-order valence-corrected chi connectivity index (χ1v) is 72.7. The fraction of sp³-hybridized carbons (Fsp3) is 0.875. The minimum atomic E-state index is -1.17. The lowest BCUT2D eigenvalue weighted by Gasteiger charge is -2.65. The Kier molecular flexibility index (Phi) is 32.1. The quantitative estimate of drug-likeness (QED) is 0.0690. The van der Waals surface area contributed by atoms with Crippen molar-refractivity contribution in [3.05, 3.63) is 11.1 Å². The van der Waals surface area contributed by atoms with Crippen LogP contribution in [0, 0.1) is 16.7 Å². The first-order valence-electron chi connectivity index (χ1n) is 18.8. The predicted molar refractivity (Wildman–Crippen MR) is 373 cm³/mol. The SMILES string of the molecule is CC[C@]1(OCPC)[C@H](O)C[C@H](OP(P(P)P)P(P)P)[C@@]2(C)C[C@@H](OP(P(P)P)P(PP)P(P)P)C3=C(C)[C@@H](OP(P(P)P(P)P)P(P(P)P)P(P)P)C[C@]4(OC(=O)O[C@H]4[C@@H]21)C3(C)C. The minimum absolute atomic E-state index is 0.342. The highest BCUT2D eigenvalue weighted by molar-refractivity contribution is 9.19. The maximum atomic E-state index is 14.4. The molecule has 3 aliphatic carbocycles. The number of carbonyl (C=O) groups is 1. The second-order valence-electron chi connectivity index (χ2n) is 15.8. The van der Waals surface area contributed by atoms with Crippen LogP contribution in [0.3, 0.4) is 0 Å². The van der Waals surface area contributed by atoms with Gasteiger partial charge < -0.3 is 32.9 Å². The number of rotatable bonds is 21. The lowest BCUT2D eigenvalue weighted by molar-refractivity contribution is -0.271. The summed E-state index contributed by atoms with van der Waals surface area (Å²) < 4.78 is 44.3. The standard InChI is InChI=1S/C24H69O8P31/c1-7-23(27-11-49-6)15(25)8-16(32-51(54(34)35)55(36)37)22(5)9-14(31-52(56(38)39)62(50-33)58(42)43)17-12(2)13(30-53(61(48)57(40)41)63(59(44)45)60(46)47)10-24(21(17,3)4)19(18(22)23)28-20(26)29-24/h13-16,18-19,25,49-50H,7-11,33-48H2,1-6H3/t13-,14+,15+,16-,18-,19-,22+,23-,24+,52?,53?,61?,62?/m0/s1. The molecule has 39 heteroatoms. The summed E-state index contributed by atoms with van der Waals surface area (Å²) in [5, 5.41) is 12.8. The molecule has 31 atom stereocenters. The third kappa shape index (κ3) is 15.4. The van der Waals surface area contributed by atoms with Gasteiger partial charge in [0.25, 0.3) is 0 Å². The molecule has 1 aliphatic heterocycles. The molecule has 1 spiro atoms. The van der Waals surface area contributed by atoms with Gasteiger partial charge in [-0.3, -0.25) is 0 Å². The van der Waals surface area contributed by atoms with E-state index < -0.39 is 139 Å². The summed E-state index contributed by atoms with van der Waals surface area (Å²) in [4.78, 5) is 14.4. The van der Waals surface area contributed by atoms with Crippen LogP contribution >= 0.6 is 252 Å². The lowest BCUT2D eigenvalue weighted by atomic mass is 9.45. The molecule has 0 aromatic heterocycles. The zero-order chi connectivity index (χ0) is 47.9. The number of aliphatic hydroxyl groups excluding tert-OH is 1. The molecular weight excluding hydrogens is 1380 g/mol. The van der Waals surface area contributed by atoms with Crippen LogP contribution in [-0.4, -0.2) is 66.0 Å². The Bertz CT molecular complexity index is 1550. The molecule has 63 heavy (non-hydrogen) atoms. The Balaban J connectivity index is 2.20. The lowest BCUT2D eigenvalue weighted by Crippen LogP contribution is -2.74. The molecule has 3 fully saturated rings. The molecule has 22 unspecified atom stereocenters. The van der Waals surface area contributed by atoms with E-state index in [1.807, 2.05) is 0 Å². The molecule has 0 radical (unpaired) electrons. The fourth-order valence-electron chi connectivity index (χ4n) is 9.49. The number of fused-ring (bicyclic) bond motifs is 3. The van der Waals surface area contributed by atoms with E-state index in [9.17, 15) is 9.90 Å². The molecular formula is C24H69O8P31. The predicted octanol–water partition coefficient (Wildman–Crippen LogP) is 20.8. The Morgan fingerprint density at radius 2 is 1.32 bits per heavy atom. The molecule has 0 aromatic carbocycles. The molecule has 2 bridgehead atoms. The van der Waals surface area contributed by atoms with Gasteiger partial charge in [-0.05, 0) is 86.5 Å². The second kappa shape index (κ2) is 29.9. The van der Waals surface area contributed by atoms with Gasteiger partial charge in [0.2, 0.25) is 0 Å². The largest absolute Gasteiger partial charge is 0.509 e. The van der Waals surface area contributed by atoms with Crippen LogP contribution in [0.4, 0.5) is 4.79 Å². The zero-order valence-corrected chi connectivity index (χ0v) is 68.0. The first kappa shape index (κ1) is 67.6. The van der Waals surface area contributed by atoms with E-state index in [-0.39, 0.29) is 18.3 Å². The first-order chi connectivity index (χ1) is 29.1. The van der Waals surface area contributed by atoms with Gasteiger partial charge in [-0.15, -0.1) is 134 Å². The zero-order valence-electron chi connectivity index (χ0n) is 35.9. The number of aliphatic hydroxyl groups is 1. The van der Waals surface area contributed by atoms with Gasteiger partial charge in [0.1, 0.15) is 5.60 Å². The Labute approximate surface area is 434 Å². The fourth-order valence-corrected chi connectivity index (χ4v) is 205. The molecule has 4 rings (SSSR count). The van der Waals surface area contributed by atoms with Gasteiger partial charge in [0.05, 0.1) is 53.3 Å². The number of carbonyl (C=O) groups excluding carboxylic acids is 1. The summed E-state index contributed by atoms with van der Waals surface area (Å²) in [7, 11) is 48.3. The van der Waals surface area contributed by atoms with E-state index in [0.29, 0.717) is 48.6 Å². The van der Waals surface area contributed by atoms with E-state index >= 15 is 0 Å². The van der Waals surface area contributed by atoms with Gasteiger partial charge in [-0.2, -0.15) is 0 Å². The van der Waals surface area contributed by atoms with E-state index in [4.69, 9.17) is 27.8 Å². The summed E-state index contributed by atoms with van der Waals surface area (Å²) >= 11 is 0. The molecule has 1 N–H and O–H groups in total. The average Bonchev–Trinajstić information content (AvgIpc) is 3.49. The van der Waals surface area contributed by atoms with Crippen molar-refractivity contribution in [2.75, 3.05) is 13.0 Å². The number of hydrogen-bond acceptors (Lipinski definition) is 8. The summed E-state index contributed by atoms with van der Waals surface area (Å²) in [6, 6.07) is 0. The Morgan fingerprint density at radius 3 is 1.78 bits per heavy atom. The summed E-state index contributed by atoms with van der Waals surface area (Å²) in [6.45, 7) is 8.34. The van der Waals surface area contributed by atoms with Crippen LogP contribution in [0.15, 0.2) is 11.1 Å². The maximum absolute atomic E-state index is 14.4. The topological polar surface area (TPSA) is 92.7 Å². The summed E-state index contributed by atoms with van der Waals surface area (Å²) in [6.07, 6.45) is -0.872. The van der Waals surface area contributed by atoms with Crippen LogP contribution in [0.2, 0.25) is 0 Å². The van der Waals surface area contributed by atoms with E-state index in [1.54, 1.807) is 0 Å². The van der Waals surface area contributed by atoms with Crippen molar-refractivity contribution >= 4 is 258 Å². The molecule has 1 heterocycles. The van der Waals surface area contributed by atoms with Crippen molar-refractivity contribution < 1.29 is 37.7 Å². The van der Waals surface area contributed by atoms with E-state index in [0.717, 1.165) is 0 Å². The van der Waals surface area contributed by atoms with Crippen molar-refractivity contribution in [3.8, 4) is 0 Å². The molecule has 0 aromatic rings. The van der Waals surface area contributed by atoms with E-state index in [2.05, 4.69) is 184 Å². The minimum Gasteiger partial charge on any atom is -0.426 e. The van der Waals surface area contributed by atoms with Crippen molar-refractivity contribution in [3.63, 3.8) is 0 Å². The molecule has 4 aliphatic rings. The van der Waals surface area contributed by atoms with Crippen LogP contribution < -0.4 is 0 Å². The summed E-state index contributed by atoms with van der Waals surface area (Å²) in [5.41, 5.74) is -1.27. The highest BCUT2D eigenvalue weighted by Gasteiger charge is 2.76. The molecule has 8 nitrogen and oxygen atoms in total. The second-order valence-corrected chi connectivity index (χ2v) is 124. The maximum Gasteiger partial charge on any atom is 0.509 e. The summed E-state index contributed by atoms with van der Waals surface area (Å²) in [5.74, 6) is -0.497. The number of ether oxygens (including phenoxy) is 3. The van der Waals surface area contributed by atoms with Gasteiger partial charge in [-0.25, -0.2) is 4.79 Å². The van der Waals surface area contributed by atoms with Crippen molar-refractivity contribution in [1.29, 1.82) is 0 Å². The van der Waals surface area contributed by atoms with Crippen molar-refractivity contribution in [1.82, 2.24) is 0 Å². The van der Waals surface area contributed by atoms with Crippen molar-refractivity contribution in [2.45, 2.75) is 102 Å². The molecule has 2 saturated carbocycles. The van der Waals surface area contributed by atoms with E-state index in [1.165, 1.54) is 11.1 Å². The number of hydrogen-bond donors (Lipinski definition) is 1. The van der Waals surface area contributed by atoms with Crippen LogP contribution in [0.1, 0.15) is 60.3 Å². The van der Waals surface area contributed by atoms with Gasteiger partial charge in [0, 0.05) is 50.6 Å². The van der Waals surface area contributed by atoms with Crippen LogP contribution in [0.5, 0.6) is 0 Å². The van der Waals surface area contributed by atoms with Crippen molar-refractivity contribution in [2.24, 2.45) is 16.7 Å². The monoisotopic (exact) mass is 1450 g/mol. The highest BCUT2D eigenvalue weighted by Crippen LogP contribution is 3.18. The molecule has 1 saturated heterocycles. The van der Waals surface area contributed by atoms with Crippen LogP contribution in [-0.2, 0) is 27.8 Å².